The van der Waals surface area contributed by atoms with Gasteiger partial charge >= 0.3 is 0 Å². The molecule has 2 rings (SSSR count). The molecule has 0 bridgehead atoms. The topological polar surface area (TPSA) is 4.36 Å². The van der Waals surface area contributed by atoms with E-state index in [2.05, 4.69) is 11.4 Å². The first kappa shape index (κ1) is 10.2. The van der Waals surface area contributed by atoms with E-state index in [0.717, 1.165) is 16.7 Å². The monoisotopic (exact) mass is 205 g/mol. The van der Waals surface area contributed by atoms with Crippen LogP contribution in [-0.4, -0.2) is 0 Å². The lowest BCUT2D eigenvalue weighted by Gasteiger charge is -2.05. The molecule has 0 aliphatic rings. The summed E-state index contributed by atoms with van der Waals surface area (Å²) in [7, 11) is 0. The minimum Gasteiger partial charge on any atom is -0.238 e. The SMILES string of the molecule is [C-]#[N+]c1ccc(C(=C)c2ccccc2)cc1. The summed E-state index contributed by atoms with van der Waals surface area (Å²) in [6.45, 7) is 11.0. The van der Waals surface area contributed by atoms with Gasteiger partial charge in [0.2, 0.25) is 0 Å². The quantitative estimate of drug-likeness (QED) is 0.644. The van der Waals surface area contributed by atoms with Crippen molar-refractivity contribution in [2.24, 2.45) is 0 Å². The molecule has 0 saturated heterocycles. The van der Waals surface area contributed by atoms with Gasteiger partial charge in [-0.3, -0.25) is 0 Å². The van der Waals surface area contributed by atoms with Crippen molar-refractivity contribution in [2.45, 2.75) is 0 Å². The van der Waals surface area contributed by atoms with Crippen LogP contribution in [0.1, 0.15) is 11.1 Å². The normalized spacial score (nSPS) is 9.44. The molecule has 0 aliphatic heterocycles. The lowest BCUT2D eigenvalue weighted by Crippen LogP contribution is -1.84. The van der Waals surface area contributed by atoms with Gasteiger partial charge in [-0.25, -0.2) is 4.85 Å². The van der Waals surface area contributed by atoms with Gasteiger partial charge in [-0.15, -0.1) is 0 Å². The number of benzene rings is 2. The summed E-state index contributed by atoms with van der Waals surface area (Å²) in [6.07, 6.45) is 0. The zero-order chi connectivity index (χ0) is 11.4. The van der Waals surface area contributed by atoms with Crippen molar-refractivity contribution in [2.75, 3.05) is 0 Å². The summed E-state index contributed by atoms with van der Waals surface area (Å²) in [5, 5.41) is 0. The van der Waals surface area contributed by atoms with E-state index >= 15 is 0 Å². The van der Waals surface area contributed by atoms with Crippen LogP contribution >= 0.6 is 0 Å². The van der Waals surface area contributed by atoms with Gasteiger partial charge in [-0.05, 0) is 16.7 Å². The van der Waals surface area contributed by atoms with Crippen LogP contribution in [0.25, 0.3) is 10.4 Å². The fraction of sp³-hybridized carbons (Fsp3) is 0. The van der Waals surface area contributed by atoms with Gasteiger partial charge in [0.1, 0.15) is 0 Å². The van der Waals surface area contributed by atoms with E-state index in [0.29, 0.717) is 5.69 Å². The van der Waals surface area contributed by atoms with Crippen LogP contribution in [-0.2, 0) is 0 Å². The number of nitrogens with zero attached hydrogens (tertiary/aromatic N) is 1. The average molecular weight is 205 g/mol. The molecule has 0 spiro atoms. The molecule has 0 aromatic heterocycles. The second-order valence-electron chi connectivity index (χ2n) is 3.50. The minimum absolute atomic E-state index is 0.657. The van der Waals surface area contributed by atoms with E-state index in [4.69, 9.17) is 6.57 Å². The van der Waals surface area contributed by atoms with Crippen molar-refractivity contribution in [3.63, 3.8) is 0 Å². The van der Waals surface area contributed by atoms with Crippen molar-refractivity contribution >= 4 is 11.3 Å². The average Bonchev–Trinajstić information content (AvgIpc) is 2.39. The van der Waals surface area contributed by atoms with Crippen molar-refractivity contribution < 1.29 is 0 Å². The van der Waals surface area contributed by atoms with Gasteiger partial charge in [0.15, 0.2) is 5.69 Å². The summed E-state index contributed by atoms with van der Waals surface area (Å²) in [4.78, 5) is 3.36. The summed E-state index contributed by atoms with van der Waals surface area (Å²) in [5.74, 6) is 0. The highest BCUT2D eigenvalue weighted by atomic mass is 14.6. The highest BCUT2D eigenvalue weighted by Gasteiger charge is 2.01. The van der Waals surface area contributed by atoms with Crippen LogP contribution in [0.2, 0.25) is 0 Å². The lowest BCUT2D eigenvalue weighted by atomic mass is 10.00. The number of hydrogen-bond acceptors (Lipinski definition) is 0. The van der Waals surface area contributed by atoms with Crippen LogP contribution in [0.15, 0.2) is 61.2 Å². The molecule has 2 aromatic rings. The van der Waals surface area contributed by atoms with Crippen LogP contribution < -0.4 is 0 Å². The fourth-order valence-corrected chi connectivity index (χ4v) is 1.54. The molecule has 76 valence electrons. The third-order valence-corrected chi connectivity index (χ3v) is 2.47. The van der Waals surface area contributed by atoms with E-state index < -0.39 is 0 Å². The smallest absolute Gasteiger partial charge is 0.187 e. The highest BCUT2D eigenvalue weighted by molar-refractivity contribution is 5.78. The predicted molar refractivity (Wildman–Crippen MR) is 67.3 cm³/mol. The number of rotatable bonds is 2. The summed E-state index contributed by atoms with van der Waals surface area (Å²) < 4.78 is 0. The maximum Gasteiger partial charge on any atom is 0.187 e. The molecule has 0 fully saturated rings. The third-order valence-electron chi connectivity index (χ3n) is 2.47. The first-order chi connectivity index (χ1) is 7.81. The first-order valence-corrected chi connectivity index (χ1v) is 5.03. The molecule has 0 amide bonds. The fourth-order valence-electron chi connectivity index (χ4n) is 1.54. The van der Waals surface area contributed by atoms with Crippen molar-refractivity contribution in [3.8, 4) is 0 Å². The Morgan fingerprint density at radius 2 is 1.44 bits per heavy atom. The zero-order valence-electron chi connectivity index (χ0n) is 8.85. The molecule has 2 aromatic carbocycles. The Labute approximate surface area is 95.5 Å². The Morgan fingerprint density at radius 1 is 0.875 bits per heavy atom. The molecule has 1 nitrogen and oxygen atoms in total. The first-order valence-electron chi connectivity index (χ1n) is 5.03. The van der Waals surface area contributed by atoms with Crippen LogP contribution in [0, 0.1) is 6.57 Å². The van der Waals surface area contributed by atoms with Gasteiger partial charge in [-0.2, -0.15) is 0 Å². The van der Waals surface area contributed by atoms with Crippen molar-refractivity contribution in [3.05, 3.63) is 83.7 Å². The minimum atomic E-state index is 0.657. The van der Waals surface area contributed by atoms with Gasteiger partial charge in [0.05, 0.1) is 6.57 Å². The molecule has 0 N–H and O–H groups in total. The Hall–Kier alpha value is -2.33. The third kappa shape index (κ3) is 2.02. The molecule has 0 radical (unpaired) electrons. The lowest BCUT2D eigenvalue weighted by molar-refractivity contribution is 1.56. The Bertz CT molecular complexity index is 530. The largest absolute Gasteiger partial charge is 0.238 e. The standard InChI is InChI=1S/C15H11N/c1-12(13-6-4-3-5-7-13)14-8-10-15(16-2)11-9-14/h3-11H,1H2. The summed E-state index contributed by atoms with van der Waals surface area (Å²) in [6, 6.07) is 17.5. The second kappa shape index (κ2) is 4.46. The molecular weight excluding hydrogens is 194 g/mol. The van der Waals surface area contributed by atoms with Crippen molar-refractivity contribution in [1.29, 1.82) is 0 Å². The maximum absolute atomic E-state index is 6.89. The molecule has 0 saturated carbocycles. The van der Waals surface area contributed by atoms with Gasteiger partial charge in [-0.1, -0.05) is 61.2 Å². The Kier molecular flexibility index (Phi) is 2.84. The summed E-state index contributed by atoms with van der Waals surface area (Å²) >= 11 is 0. The van der Waals surface area contributed by atoms with E-state index in [1.54, 1.807) is 0 Å². The Morgan fingerprint density at radius 3 is 2.00 bits per heavy atom. The molecule has 1 heteroatoms. The van der Waals surface area contributed by atoms with Crippen molar-refractivity contribution in [1.82, 2.24) is 0 Å². The van der Waals surface area contributed by atoms with Crippen LogP contribution in [0.3, 0.4) is 0 Å². The van der Waals surface area contributed by atoms with Crippen LogP contribution in [0.5, 0.6) is 0 Å². The zero-order valence-corrected chi connectivity index (χ0v) is 8.85. The van der Waals surface area contributed by atoms with Gasteiger partial charge in [0.25, 0.3) is 0 Å². The van der Waals surface area contributed by atoms with E-state index in [1.807, 2.05) is 54.6 Å². The maximum atomic E-state index is 6.89. The summed E-state index contributed by atoms with van der Waals surface area (Å²) in [5.41, 5.74) is 3.80. The van der Waals surface area contributed by atoms with Gasteiger partial charge < -0.3 is 0 Å². The molecule has 0 unspecified atom stereocenters. The van der Waals surface area contributed by atoms with E-state index in [9.17, 15) is 0 Å². The molecule has 0 atom stereocenters. The molecule has 0 heterocycles. The Balaban J connectivity index is 2.32. The van der Waals surface area contributed by atoms with Gasteiger partial charge in [0, 0.05) is 0 Å². The number of hydrogen-bond donors (Lipinski definition) is 0. The second-order valence-corrected chi connectivity index (χ2v) is 3.50. The van der Waals surface area contributed by atoms with E-state index in [-0.39, 0.29) is 0 Å². The van der Waals surface area contributed by atoms with E-state index in [1.165, 1.54) is 0 Å². The molecular formula is C15H11N. The predicted octanol–water partition coefficient (Wildman–Crippen LogP) is 4.30. The molecule has 0 aliphatic carbocycles. The molecule has 16 heavy (non-hydrogen) atoms. The van der Waals surface area contributed by atoms with Crippen LogP contribution in [0.4, 0.5) is 5.69 Å². The highest BCUT2D eigenvalue weighted by Crippen LogP contribution is 2.23.